The van der Waals surface area contributed by atoms with E-state index in [9.17, 15) is 4.79 Å². The van der Waals surface area contributed by atoms with Gasteiger partial charge in [0.2, 0.25) is 0 Å². The van der Waals surface area contributed by atoms with Gasteiger partial charge in [0.1, 0.15) is 0 Å². The Bertz CT molecular complexity index is 1110. The van der Waals surface area contributed by atoms with Crippen LogP contribution in [0.25, 0.3) is 28.5 Å². The van der Waals surface area contributed by atoms with Crippen LogP contribution in [0.15, 0.2) is 76.0 Å². The number of rotatable bonds is 3. The Morgan fingerprint density at radius 1 is 0.885 bits per heavy atom. The Hall–Kier alpha value is -2.99. The second kappa shape index (κ2) is 6.72. The Balaban J connectivity index is 1.94. The quantitative estimate of drug-likeness (QED) is 0.549. The van der Waals surface area contributed by atoms with E-state index >= 15 is 0 Å². The second-order valence-corrected chi connectivity index (χ2v) is 6.84. The lowest BCUT2D eigenvalue weighted by Gasteiger charge is -2.09. The average Bonchev–Trinajstić information content (AvgIpc) is 3.01. The van der Waals surface area contributed by atoms with E-state index in [-0.39, 0.29) is 5.56 Å². The van der Waals surface area contributed by atoms with E-state index in [4.69, 9.17) is 0 Å². The molecule has 5 nitrogen and oxygen atoms in total. The Morgan fingerprint density at radius 2 is 1.50 bits per heavy atom. The van der Waals surface area contributed by atoms with E-state index < -0.39 is 0 Å². The van der Waals surface area contributed by atoms with Crippen LogP contribution >= 0.6 is 15.9 Å². The molecule has 0 aliphatic heterocycles. The summed E-state index contributed by atoms with van der Waals surface area (Å²) in [5.41, 5.74) is 3.99. The van der Waals surface area contributed by atoms with Crippen LogP contribution in [0.4, 0.5) is 0 Å². The molecule has 2 heterocycles. The maximum Gasteiger partial charge on any atom is 0.274 e. The van der Waals surface area contributed by atoms with E-state index in [0.717, 1.165) is 32.7 Å². The molecule has 2 aromatic heterocycles. The first-order valence-corrected chi connectivity index (χ1v) is 8.89. The number of benzene rings is 2. The number of hydrogen-bond donors (Lipinski definition) is 1. The molecule has 0 radical (unpaired) electrons. The fourth-order valence-electron chi connectivity index (χ4n) is 2.72. The van der Waals surface area contributed by atoms with Gasteiger partial charge < -0.3 is 0 Å². The normalized spacial score (nSPS) is 10.8. The van der Waals surface area contributed by atoms with Crippen LogP contribution < -0.4 is 5.56 Å². The molecule has 0 aliphatic carbocycles. The van der Waals surface area contributed by atoms with E-state index in [2.05, 4.69) is 31.0 Å². The predicted octanol–water partition coefficient (Wildman–Crippen LogP) is 4.36. The van der Waals surface area contributed by atoms with Crippen LogP contribution in [0, 0.1) is 6.92 Å². The van der Waals surface area contributed by atoms with Gasteiger partial charge in [-0.25, -0.2) is 9.97 Å². The minimum atomic E-state index is -0.186. The lowest BCUT2D eigenvalue weighted by atomic mass is 10.1. The van der Waals surface area contributed by atoms with Crippen molar-refractivity contribution in [3.05, 3.63) is 87.3 Å². The first kappa shape index (κ1) is 16.5. The molecule has 0 amide bonds. The number of aromatic amines is 1. The van der Waals surface area contributed by atoms with Crippen LogP contribution in [-0.4, -0.2) is 19.7 Å². The summed E-state index contributed by atoms with van der Waals surface area (Å²) in [4.78, 5) is 21.4. The zero-order valence-electron chi connectivity index (χ0n) is 14.0. The molecule has 6 heteroatoms. The van der Waals surface area contributed by atoms with Gasteiger partial charge in [-0.05, 0) is 25.1 Å². The highest BCUT2D eigenvalue weighted by Gasteiger charge is 2.12. The minimum absolute atomic E-state index is 0.186. The summed E-state index contributed by atoms with van der Waals surface area (Å²) in [6, 6.07) is 21.2. The monoisotopic (exact) mass is 406 g/mol. The fourth-order valence-corrected chi connectivity index (χ4v) is 2.99. The highest BCUT2D eigenvalue weighted by Crippen LogP contribution is 2.25. The number of halogens is 1. The molecule has 4 aromatic rings. The highest BCUT2D eigenvalue weighted by atomic mass is 79.9. The Kier molecular flexibility index (Phi) is 4.26. The predicted molar refractivity (Wildman–Crippen MR) is 105 cm³/mol. The molecule has 26 heavy (non-hydrogen) atoms. The maximum absolute atomic E-state index is 12.2. The van der Waals surface area contributed by atoms with Gasteiger partial charge in [0.15, 0.2) is 0 Å². The largest absolute Gasteiger partial charge is 0.293 e. The summed E-state index contributed by atoms with van der Waals surface area (Å²) >= 11 is 3.45. The first-order chi connectivity index (χ1) is 12.6. The van der Waals surface area contributed by atoms with Crippen molar-refractivity contribution in [3.8, 4) is 28.5 Å². The van der Waals surface area contributed by atoms with Crippen LogP contribution in [0.3, 0.4) is 0 Å². The third kappa shape index (κ3) is 3.23. The van der Waals surface area contributed by atoms with Gasteiger partial charge in [0, 0.05) is 27.4 Å². The van der Waals surface area contributed by atoms with Crippen LogP contribution in [0.5, 0.6) is 0 Å². The van der Waals surface area contributed by atoms with Crippen LogP contribution in [-0.2, 0) is 0 Å². The maximum atomic E-state index is 12.2. The average molecular weight is 407 g/mol. The minimum Gasteiger partial charge on any atom is -0.293 e. The van der Waals surface area contributed by atoms with Crippen LogP contribution in [0.2, 0.25) is 0 Å². The van der Waals surface area contributed by atoms with Crippen molar-refractivity contribution in [1.29, 1.82) is 0 Å². The van der Waals surface area contributed by atoms with Gasteiger partial charge in [-0.3, -0.25) is 9.89 Å². The molecule has 0 saturated heterocycles. The molecule has 0 unspecified atom stereocenters. The standard InChI is InChI=1S/C20H15BrN4O/c1-13-11-19(26)25(24-13)20-22-17(14-5-3-2-4-6-14)12-18(23-20)15-7-9-16(21)10-8-15/h2-12,24H,1H3. The topological polar surface area (TPSA) is 63.6 Å². The van der Waals surface area contributed by atoms with Crippen molar-refractivity contribution in [2.24, 2.45) is 0 Å². The van der Waals surface area contributed by atoms with E-state index in [1.165, 1.54) is 10.7 Å². The Morgan fingerprint density at radius 3 is 2.08 bits per heavy atom. The smallest absolute Gasteiger partial charge is 0.274 e. The summed E-state index contributed by atoms with van der Waals surface area (Å²) in [6.45, 7) is 1.83. The summed E-state index contributed by atoms with van der Waals surface area (Å²) < 4.78 is 2.36. The lowest BCUT2D eigenvalue weighted by Crippen LogP contribution is -2.17. The van der Waals surface area contributed by atoms with Gasteiger partial charge in [-0.15, -0.1) is 0 Å². The van der Waals surface area contributed by atoms with Crippen molar-refractivity contribution in [2.75, 3.05) is 0 Å². The zero-order chi connectivity index (χ0) is 18.1. The summed E-state index contributed by atoms with van der Waals surface area (Å²) in [5.74, 6) is 0.322. The first-order valence-electron chi connectivity index (χ1n) is 8.10. The number of nitrogens with one attached hydrogen (secondary N) is 1. The molecule has 0 bridgehead atoms. The van der Waals surface area contributed by atoms with Gasteiger partial charge in [0.05, 0.1) is 11.4 Å². The molecule has 0 spiro atoms. The van der Waals surface area contributed by atoms with Gasteiger partial charge in [-0.2, -0.15) is 4.68 Å². The van der Waals surface area contributed by atoms with Crippen LogP contribution in [0.1, 0.15) is 5.69 Å². The zero-order valence-corrected chi connectivity index (χ0v) is 15.6. The van der Waals surface area contributed by atoms with E-state index in [0.29, 0.717) is 5.95 Å². The van der Waals surface area contributed by atoms with E-state index in [1.54, 1.807) is 0 Å². The molecule has 2 aromatic carbocycles. The molecule has 1 N–H and O–H groups in total. The second-order valence-electron chi connectivity index (χ2n) is 5.92. The number of aryl methyl sites for hydroxylation is 1. The number of hydrogen-bond acceptors (Lipinski definition) is 3. The van der Waals surface area contributed by atoms with Crippen molar-refractivity contribution < 1.29 is 0 Å². The summed E-state index contributed by atoms with van der Waals surface area (Å²) in [5, 5.41) is 3.00. The highest BCUT2D eigenvalue weighted by molar-refractivity contribution is 9.10. The molecule has 0 saturated carbocycles. The van der Waals surface area contributed by atoms with Gasteiger partial charge in [0.25, 0.3) is 11.5 Å². The summed E-state index contributed by atoms with van der Waals surface area (Å²) in [7, 11) is 0. The molecule has 4 rings (SSSR count). The SMILES string of the molecule is Cc1cc(=O)n(-c2nc(-c3ccccc3)cc(-c3ccc(Br)cc3)n2)[nH]1. The molecule has 0 aliphatic rings. The third-order valence-electron chi connectivity index (χ3n) is 3.97. The van der Waals surface area contributed by atoms with Crippen molar-refractivity contribution >= 4 is 15.9 Å². The van der Waals surface area contributed by atoms with Gasteiger partial charge >= 0.3 is 0 Å². The van der Waals surface area contributed by atoms with E-state index in [1.807, 2.05) is 67.6 Å². The molecular formula is C20H15BrN4O. The number of nitrogens with zero attached hydrogens (tertiary/aromatic N) is 3. The lowest BCUT2D eigenvalue weighted by molar-refractivity contribution is 0.777. The Labute approximate surface area is 158 Å². The van der Waals surface area contributed by atoms with Crippen molar-refractivity contribution in [1.82, 2.24) is 19.7 Å². The van der Waals surface area contributed by atoms with Crippen molar-refractivity contribution in [3.63, 3.8) is 0 Å². The number of H-pyrrole nitrogens is 1. The van der Waals surface area contributed by atoms with Gasteiger partial charge in [-0.1, -0.05) is 58.4 Å². The number of aromatic nitrogens is 4. The van der Waals surface area contributed by atoms with Crippen molar-refractivity contribution in [2.45, 2.75) is 6.92 Å². The molecule has 0 fully saturated rings. The third-order valence-corrected chi connectivity index (χ3v) is 4.50. The fraction of sp³-hybridized carbons (Fsp3) is 0.0500. The molecule has 0 atom stereocenters. The molecular weight excluding hydrogens is 392 g/mol. The summed E-state index contributed by atoms with van der Waals surface area (Å²) in [6.07, 6.45) is 0. The molecule has 128 valence electrons.